The van der Waals surface area contributed by atoms with E-state index < -0.39 is 9.38 Å². The van der Waals surface area contributed by atoms with Crippen LogP contribution in [-0.4, -0.2) is 54.0 Å². The molecule has 0 aliphatic carbocycles. The normalized spacial score (nSPS) is 21.6. The van der Waals surface area contributed by atoms with Crippen molar-refractivity contribution in [1.82, 2.24) is 4.90 Å². The van der Waals surface area contributed by atoms with Gasteiger partial charge in [-0.25, -0.2) is 0 Å². The molecule has 0 N–H and O–H groups in total. The van der Waals surface area contributed by atoms with Gasteiger partial charge >= 0.3 is 4.46 Å². The summed E-state index contributed by atoms with van der Waals surface area (Å²) in [6.07, 6.45) is 0.903. The molecule has 1 saturated heterocycles. The van der Waals surface area contributed by atoms with Crippen molar-refractivity contribution in [3.8, 4) is 0 Å². The van der Waals surface area contributed by atoms with Crippen LogP contribution in [0.1, 0.15) is 6.42 Å². The second kappa shape index (κ2) is 5.84. The fraction of sp³-hybridized carbons (Fsp3) is 0.889. The van der Waals surface area contributed by atoms with Crippen molar-refractivity contribution in [2.75, 3.05) is 33.9 Å². The SMILES string of the molecule is CN(C)C(=NCC1CCOC1)C(Cl)(Cl)[N+](=O)[O-]. The maximum atomic E-state index is 10.8. The average Bonchev–Trinajstić information content (AvgIpc) is 2.69. The predicted octanol–water partition coefficient (Wildman–Crippen LogP) is 1.39. The number of hydrogen-bond acceptors (Lipinski definition) is 4. The highest BCUT2D eigenvalue weighted by atomic mass is 35.5. The second-order valence-corrected chi connectivity index (χ2v) is 5.37. The van der Waals surface area contributed by atoms with Gasteiger partial charge in [-0.05, 0) is 29.6 Å². The molecular weight excluding hydrogens is 269 g/mol. The van der Waals surface area contributed by atoms with E-state index in [2.05, 4.69) is 4.99 Å². The Hall–Kier alpha value is -0.590. The van der Waals surface area contributed by atoms with Gasteiger partial charge in [-0.3, -0.25) is 15.1 Å². The van der Waals surface area contributed by atoms with Crippen molar-refractivity contribution in [3.63, 3.8) is 0 Å². The van der Waals surface area contributed by atoms with E-state index in [0.717, 1.165) is 6.42 Å². The minimum atomic E-state index is -2.21. The van der Waals surface area contributed by atoms with E-state index in [-0.39, 0.29) is 11.8 Å². The summed E-state index contributed by atoms with van der Waals surface area (Å²) >= 11 is 11.4. The number of halogens is 2. The molecule has 98 valence electrons. The molecule has 0 saturated carbocycles. The van der Waals surface area contributed by atoms with Gasteiger partial charge in [0.05, 0.1) is 11.5 Å². The summed E-state index contributed by atoms with van der Waals surface area (Å²) in [7, 11) is 3.24. The summed E-state index contributed by atoms with van der Waals surface area (Å²) in [5.41, 5.74) is 0. The van der Waals surface area contributed by atoms with Crippen LogP contribution in [0.3, 0.4) is 0 Å². The molecule has 1 rings (SSSR count). The highest BCUT2D eigenvalue weighted by molar-refractivity contribution is 6.57. The van der Waals surface area contributed by atoms with Crippen molar-refractivity contribution < 1.29 is 9.66 Å². The standard InChI is InChI=1S/C9H15Cl2N3O3/c1-13(2)8(9(10,11)14(15)16)12-5-7-3-4-17-6-7/h7H,3-6H2,1-2H3. The summed E-state index contributed by atoms with van der Waals surface area (Å²) < 4.78 is 2.99. The number of rotatable bonds is 4. The molecule has 0 bridgehead atoms. The van der Waals surface area contributed by atoms with E-state index in [4.69, 9.17) is 27.9 Å². The maximum absolute atomic E-state index is 10.8. The van der Waals surface area contributed by atoms with E-state index in [0.29, 0.717) is 19.8 Å². The van der Waals surface area contributed by atoms with Gasteiger partial charge in [0, 0.05) is 33.2 Å². The number of amidine groups is 1. The molecule has 6 nitrogen and oxygen atoms in total. The lowest BCUT2D eigenvalue weighted by atomic mass is 10.1. The largest absolute Gasteiger partial charge is 0.427 e. The average molecular weight is 284 g/mol. The first-order valence-electron chi connectivity index (χ1n) is 5.18. The molecule has 1 heterocycles. The molecule has 0 aromatic heterocycles. The zero-order chi connectivity index (χ0) is 13.1. The second-order valence-electron chi connectivity index (χ2n) is 4.09. The first-order valence-corrected chi connectivity index (χ1v) is 5.93. The van der Waals surface area contributed by atoms with Gasteiger partial charge in [0.1, 0.15) is 0 Å². The van der Waals surface area contributed by atoms with Crippen LogP contribution in [0.15, 0.2) is 4.99 Å². The molecule has 17 heavy (non-hydrogen) atoms. The molecule has 1 atom stereocenters. The van der Waals surface area contributed by atoms with E-state index in [9.17, 15) is 10.1 Å². The first-order chi connectivity index (χ1) is 7.85. The van der Waals surface area contributed by atoms with E-state index >= 15 is 0 Å². The van der Waals surface area contributed by atoms with Crippen LogP contribution in [0.25, 0.3) is 0 Å². The van der Waals surface area contributed by atoms with Gasteiger partial charge in [0.2, 0.25) is 5.84 Å². The van der Waals surface area contributed by atoms with Crippen LogP contribution in [-0.2, 0) is 4.74 Å². The lowest BCUT2D eigenvalue weighted by Crippen LogP contribution is -2.43. The predicted molar refractivity (Wildman–Crippen MR) is 66.3 cm³/mol. The minimum Gasteiger partial charge on any atom is -0.381 e. The third-order valence-corrected chi connectivity index (χ3v) is 3.06. The molecule has 8 heteroatoms. The van der Waals surface area contributed by atoms with Gasteiger partial charge in [0.25, 0.3) is 0 Å². The zero-order valence-corrected chi connectivity index (χ0v) is 11.2. The molecule has 1 aliphatic rings. The number of nitro groups is 1. The Labute approximate surface area is 110 Å². The molecule has 1 fully saturated rings. The van der Waals surface area contributed by atoms with Crippen LogP contribution < -0.4 is 0 Å². The monoisotopic (exact) mass is 283 g/mol. The van der Waals surface area contributed by atoms with E-state index in [1.54, 1.807) is 14.1 Å². The van der Waals surface area contributed by atoms with Gasteiger partial charge in [-0.15, -0.1) is 0 Å². The Kier molecular flexibility index (Phi) is 4.97. The Balaban J connectivity index is 2.77. The summed E-state index contributed by atoms with van der Waals surface area (Å²) in [4.78, 5) is 15.6. The van der Waals surface area contributed by atoms with Crippen LogP contribution >= 0.6 is 23.2 Å². The smallest absolute Gasteiger partial charge is 0.381 e. The number of aliphatic imine (C=N–C) groups is 1. The van der Waals surface area contributed by atoms with Gasteiger partial charge < -0.3 is 9.64 Å². The van der Waals surface area contributed by atoms with Crippen molar-refractivity contribution in [2.24, 2.45) is 10.9 Å². The Morgan fingerprint density at radius 2 is 2.29 bits per heavy atom. The van der Waals surface area contributed by atoms with E-state index in [1.807, 2.05) is 0 Å². The molecule has 0 spiro atoms. The third kappa shape index (κ3) is 3.69. The number of likely N-dealkylation sites (N-methyl/N-ethyl adjacent to an activating group) is 1. The quantitative estimate of drug-likeness (QED) is 0.195. The molecule has 1 unspecified atom stereocenters. The van der Waals surface area contributed by atoms with Gasteiger partial charge in [-0.1, -0.05) is 0 Å². The van der Waals surface area contributed by atoms with Crippen LogP contribution in [0.2, 0.25) is 0 Å². The number of ether oxygens (including phenoxy) is 1. The summed E-state index contributed by atoms with van der Waals surface area (Å²) in [6, 6.07) is 0. The molecular formula is C9H15Cl2N3O3. The van der Waals surface area contributed by atoms with Crippen LogP contribution in [0.5, 0.6) is 0 Å². The summed E-state index contributed by atoms with van der Waals surface area (Å²) in [6.45, 7) is 1.77. The lowest BCUT2D eigenvalue weighted by Gasteiger charge is -2.20. The van der Waals surface area contributed by atoms with Crippen molar-refractivity contribution >= 4 is 29.0 Å². The fourth-order valence-electron chi connectivity index (χ4n) is 1.53. The molecule has 0 radical (unpaired) electrons. The topological polar surface area (TPSA) is 68.0 Å². The summed E-state index contributed by atoms with van der Waals surface area (Å²) in [5, 5.41) is 10.8. The van der Waals surface area contributed by atoms with Crippen molar-refractivity contribution in [2.45, 2.75) is 10.9 Å². The summed E-state index contributed by atoms with van der Waals surface area (Å²) in [5.74, 6) is 0.318. The van der Waals surface area contributed by atoms with Crippen LogP contribution in [0.4, 0.5) is 0 Å². The first kappa shape index (κ1) is 14.5. The number of nitrogens with zero attached hydrogens (tertiary/aromatic N) is 3. The fourth-order valence-corrected chi connectivity index (χ4v) is 1.99. The molecule has 0 aromatic carbocycles. The Bertz CT molecular complexity index is 315. The Morgan fingerprint density at radius 3 is 2.71 bits per heavy atom. The van der Waals surface area contributed by atoms with Crippen molar-refractivity contribution in [3.05, 3.63) is 10.1 Å². The van der Waals surface area contributed by atoms with Gasteiger partial charge in [0.15, 0.2) is 0 Å². The maximum Gasteiger partial charge on any atom is 0.427 e. The highest BCUT2D eigenvalue weighted by Crippen LogP contribution is 2.25. The third-order valence-electron chi connectivity index (χ3n) is 2.45. The van der Waals surface area contributed by atoms with Crippen LogP contribution in [0, 0.1) is 16.0 Å². The molecule has 0 aromatic rings. The zero-order valence-electron chi connectivity index (χ0n) is 9.73. The highest BCUT2D eigenvalue weighted by Gasteiger charge is 2.46. The minimum absolute atomic E-state index is 0.0396. The van der Waals surface area contributed by atoms with Crippen molar-refractivity contribution in [1.29, 1.82) is 0 Å². The lowest BCUT2D eigenvalue weighted by molar-refractivity contribution is -0.497. The molecule has 0 amide bonds. The van der Waals surface area contributed by atoms with Gasteiger partial charge in [-0.2, -0.15) is 0 Å². The number of hydrogen-bond donors (Lipinski definition) is 0. The Morgan fingerprint density at radius 1 is 1.65 bits per heavy atom. The van der Waals surface area contributed by atoms with E-state index in [1.165, 1.54) is 4.90 Å². The molecule has 1 aliphatic heterocycles. The number of alkyl halides is 2.